The Morgan fingerprint density at radius 2 is 1.84 bits per heavy atom. The Hall–Kier alpha value is -2.65. The van der Waals surface area contributed by atoms with E-state index >= 15 is 0 Å². The van der Waals surface area contributed by atoms with Gasteiger partial charge in [0.25, 0.3) is 0 Å². The lowest BCUT2D eigenvalue weighted by atomic mass is 10.2. The summed E-state index contributed by atoms with van der Waals surface area (Å²) in [4.78, 5) is 52.0. The summed E-state index contributed by atoms with van der Waals surface area (Å²) in [6.07, 6.45) is 2.07. The molecule has 1 aromatic heterocycles. The second kappa shape index (κ2) is 11.1. The van der Waals surface area contributed by atoms with E-state index in [9.17, 15) is 19.2 Å². The summed E-state index contributed by atoms with van der Waals surface area (Å²) in [5.74, 6) is -0.723. The zero-order valence-electron chi connectivity index (χ0n) is 17.2. The van der Waals surface area contributed by atoms with E-state index in [0.29, 0.717) is 21.9 Å². The van der Waals surface area contributed by atoms with Gasteiger partial charge in [-0.3, -0.25) is 14.4 Å². The minimum atomic E-state index is -0.597. The van der Waals surface area contributed by atoms with Gasteiger partial charge in [-0.15, -0.1) is 23.1 Å². The molecule has 0 spiro atoms. The van der Waals surface area contributed by atoms with Gasteiger partial charge in [0.05, 0.1) is 22.7 Å². The molecule has 0 saturated carbocycles. The smallest absolute Gasteiger partial charge is 0.339 e. The topological polar surface area (TPSA) is 92.8 Å². The number of Topliss-reactive ketones (excluding diaryl/α,β-unsaturated/α-hetero) is 1. The van der Waals surface area contributed by atoms with Crippen molar-refractivity contribution in [3.63, 3.8) is 0 Å². The van der Waals surface area contributed by atoms with Crippen LogP contribution in [0.3, 0.4) is 0 Å². The van der Waals surface area contributed by atoms with Crippen molar-refractivity contribution < 1.29 is 23.9 Å². The summed E-state index contributed by atoms with van der Waals surface area (Å²) in [6.45, 7) is 3.00. The molecule has 2 heterocycles. The quantitative estimate of drug-likeness (QED) is 0.351. The number of likely N-dealkylation sites (tertiary alicyclic amines) is 1. The van der Waals surface area contributed by atoms with Gasteiger partial charge < -0.3 is 15.0 Å². The van der Waals surface area contributed by atoms with Crippen molar-refractivity contribution in [3.8, 4) is 0 Å². The number of hydrogen-bond acceptors (Lipinski definition) is 7. The normalized spacial score (nSPS) is 13.1. The van der Waals surface area contributed by atoms with Gasteiger partial charge in [-0.05, 0) is 37.1 Å². The van der Waals surface area contributed by atoms with E-state index in [2.05, 4.69) is 5.32 Å². The predicted molar refractivity (Wildman–Crippen MR) is 119 cm³/mol. The lowest BCUT2D eigenvalue weighted by molar-refractivity contribution is -0.127. The summed E-state index contributed by atoms with van der Waals surface area (Å²) in [5.41, 5.74) is 0.340. The van der Waals surface area contributed by atoms with Crippen molar-refractivity contribution in [1.82, 2.24) is 10.2 Å². The van der Waals surface area contributed by atoms with E-state index in [-0.39, 0.29) is 30.0 Å². The van der Waals surface area contributed by atoms with Gasteiger partial charge in [-0.1, -0.05) is 12.1 Å². The van der Waals surface area contributed by atoms with Gasteiger partial charge in [0, 0.05) is 29.8 Å². The number of esters is 1. The Labute approximate surface area is 189 Å². The van der Waals surface area contributed by atoms with Gasteiger partial charge in [0.1, 0.15) is 0 Å². The third kappa shape index (κ3) is 6.67. The van der Waals surface area contributed by atoms with Crippen molar-refractivity contribution in [1.29, 1.82) is 0 Å². The second-order valence-corrected chi connectivity index (χ2v) is 9.23. The molecule has 3 rings (SSSR count). The van der Waals surface area contributed by atoms with Gasteiger partial charge in [-0.2, -0.15) is 0 Å². The van der Waals surface area contributed by atoms with Gasteiger partial charge in [-0.25, -0.2) is 4.79 Å². The number of amides is 2. The zero-order chi connectivity index (χ0) is 22.2. The van der Waals surface area contributed by atoms with Gasteiger partial charge >= 0.3 is 5.97 Å². The van der Waals surface area contributed by atoms with Crippen molar-refractivity contribution in [2.45, 2.75) is 31.2 Å². The first-order chi connectivity index (χ1) is 14.9. The molecule has 164 valence electrons. The monoisotopic (exact) mass is 460 g/mol. The maximum absolute atomic E-state index is 12.6. The molecule has 2 amide bonds. The summed E-state index contributed by atoms with van der Waals surface area (Å²) in [7, 11) is 0. The lowest BCUT2D eigenvalue weighted by Gasteiger charge is -2.15. The van der Waals surface area contributed by atoms with Crippen LogP contribution in [-0.2, 0) is 20.9 Å². The molecule has 1 saturated heterocycles. The fourth-order valence-electron chi connectivity index (χ4n) is 3.07. The number of hydrogen-bond donors (Lipinski definition) is 1. The molecule has 0 aliphatic carbocycles. The molecular weight excluding hydrogens is 436 g/mol. The maximum Gasteiger partial charge on any atom is 0.339 e. The molecule has 0 atom stereocenters. The van der Waals surface area contributed by atoms with E-state index in [1.807, 2.05) is 4.90 Å². The molecule has 1 aliphatic heterocycles. The molecule has 0 bridgehead atoms. The highest BCUT2D eigenvalue weighted by molar-refractivity contribution is 8.00. The predicted octanol–water partition coefficient (Wildman–Crippen LogP) is 3.14. The third-order valence-corrected chi connectivity index (χ3v) is 6.88. The van der Waals surface area contributed by atoms with Crippen LogP contribution in [0.15, 0.2) is 41.3 Å². The van der Waals surface area contributed by atoms with Crippen LogP contribution < -0.4 is 5.32 Å². The maximum atomic E-state index is 12.6. The molecular formula is C22H24N2O5S2. The number of carbonyl (C=O) groups is 4. The number of ketones is 1. The minimum absolute atomic E-state index is 0.0635. The Balaban J connectivity index is 1.53. The number of rotatable bonds is 9. The van der Waals surface area contributed by atoms with E-state index in [1.165, 1.54) is 30.0 Å². The fourth-order valence-corrected chi connectivity index (χ4v) is 4.89. The van der Waals surface area contributed by atoms with Crippen LogP contribution in [0.2, 0.25) is 0 Å². The Bertz CT molecular complexity index is 966. The van der Waals surface area contributed by atoms with E-state index < -0.39 is 5.97 Å². The molecule has 31 heavy (non-hydrogen) atoms. The van der Waals surface area contributed by atoms with E-state index in [4.69, 9.17) is 4.74 Å². The number of thioether (sulfide) groups is 1. The summed E-state index contributed by atoms with van der Waals surface area (Å²) in [6, 6.07) is 10.3. The Kier molecular flexibility index (Phi) is 8.25. The SMILES string of the molecule is CC(=O)NCc1ccc(C(=O)COC(=O)c2ccccc2SCC(=O)N2CCCC2)s1. The molecule has 2 aromatic rings. The van der Waals surface area contributed by atoms with Crippen molar-refractivity contribution in [2.24, 2.45) is 0 Å². The largest absolute Gasteiger partial charge is 0.454 e. The number of carbonyl (C=O) groups excluding carboxylic acids is 4. The third-order valence-electron chi connectivity index (χ3n) is 4.70. The summed E-state index contributed by atoms with van der Waals surface area (Å²) >= 11 is 2.56. The highest BCUT2D eigenvalue weighted by atomic mass is 32.2. The second-order valence-electron chi connectivity index (χ2n) is 7.05. The average Bonchev–Trinajstić information content (AvgIpc) is 3.46. The molecule has 1 aromatic carbocycles. The zero-order valence-corrected chi connectivity index (χ0v) is 18.9. The number of nitrogens with zero attached hydrogens (tertiary/aromatic N) is 1. The van der Waals surface area contributed by atoms with E-state index in [1.54, 1.807) is 36.4 Å². The number of thiophene rings is 1. The van der Waals surface area contributed by atoms with Crippen LogP contribution in [0, 0.1) is 0 Å². The first-order valence-corrected chi connectivity index (χ1v) is 11.8. The Morgan fingerprint density at radius 1 is 1.10 bits per heavy atom. The van der Waals surface area contributed by atoms with Crippen molar-refractivity contribution >= 4 is 46.7 Å². The Morgan fingerprint density at radius 3 is 2.58 bits per heavy atom. The lowest BCUT2D eigenvalue weighted by Crippen LogP contribution is -2.29. The van der Waals surface area contributed by atoms with Crippen LogP contribution in [-0.4, -0.2) is 53.9 Å². The van der Waals surface area contributed by atoms with Crippen molar-refractivity contribution in [2.75, 3.05) is 25.4 Å². The fraction of sp³-hybridized carbons (Fsp3) is 0.364. The molecule has 1 fully saturated rings. The number of benzene rings is 1. The van der Waals surface area contributed by atoms with Crippen LogP contribution in [0.1, 0.15) is 44.7 Å². The first-order valence-electron chi connectivity index (χ1n) is 9.97. The summed E-state index contributed by atoms with van der Waals surface area (Å²) < 4.78 is 5.24. The van der Waals surface area contributed by atoms with Crippen LogP contribution in [0.4, 0.5) is 0 Å². The molecule has 1 N–H and O–H groups in total. The number of nitrogens with one attached hydrogen (secondary N) is 1. The summed E-state index contributed by atoms with van der Waals surface area (Å²) in [5, 5.41) is 2.68. The highest BCUT2D eigenvalue weighted by Gasteiger charge is 2.20. The molecule has 0 radical (unpaired) electrons. The molecule has 1 aliphatic rings. The molecule has 7 nitrogen and oxygen atoms in total. The molecule has 9 heteroatoms. The van der Waals surface area contributed by atoms with E-state index in [0.717, 1.165) is 30.8 Å². The molecule has 0 unspecified atom stereocenters. The van der Waals surface area contributed by atoms with Gasteiger partial charge in [0.2, 0.25) is 17.6 Å². The van der Waals surface area contributed by atoms with Gasteiger partial charge in [0.15, 0.2) is 6.61 Å². The standard InChI is InChI=1S/C22H24N2O5S2/c1-15(25)23-12-16-8-9-20(31-16)18(26)13-29-22(28)17-6-2-3-7-19(17)30-14-21(27)24-10-4-5-11-24/h2-3,6-9H,4-5,10-14H2,1H3,(H,23,25). The van der Waals surface area contributed by atoms with Crippen LogP contribution >= 0.6 is 23.1 Å². The minimum Gasteiger partial charge on any atom is -0.454 e. The van der Waals surface area contributed by atoms with Crippen LogP contribution in [0.25, 0.3) is 0 Å². The highest BCUT2D eigenvalue weighted by Crippen LogP contribution is 2.25. The number of ether oxygens (including phenoxy) is 1. The van der Waals surface area contributed by atoms with Crippen LogP contribution in [0.5, 0.6) is 0 Å². The average molecular weight is 461 g/mol. The first kappa shape index (κ1) is 23.0. The van der Waals surface area contributed by atoms with Crippen molar-refractivity contribution in [3.05, 3.63) is 51.7 Å².